The van der Waals surface area contributed by atoms with E-state index in [1.807, 2.05) is 0 Å². The fourth-order valence-corrected chi connectivity index (χ4v) is 2.61. The van der Waals surface area contributed by atoms with Crippen LogP contribution in [0.3, 0.4) is 0 Å². The summed E-state index contributed by atoms with van der Waals surface area (Å²) in [6.45, 7) is 3.88. The van der Waals surface area contributed by atoms with Gasteiger partial charge in [0.15, 0.2) is 5.69 Å². The van der Waals surface area contributed by atoms with Crippen molar-refractivity contribution in [1.29, 1.82) is 0 Å². The zero-order chi connectivity index (χ0) is 10.9. The maximum Gasteiger partial charge on any atom is 0.357 e. The Hall–Kier alpha value is -0.000000000000000111. The smallest absolute Gasteiger partial charge is 0.357 e. The number of carbonyl (C=O) groups is 1. The molecule has 0 aliphatic heterocycles. The molecule has 14 heavy (non-hydrogen) atoms. The quantitative estimate of drug-likeness (QED) is 0.768. The van der Waals surface area contributed by atoms with Gasteiger partial charge in [-0.25, -0.2) is 4.79 Å². The molecule has 1 aromatic rings. The largest absolute Gasteiger partial charge is 0.461 e. The van der Waals surface area contributed by atoms with Crippen LogP contribution in [-0.4, -0.2) is 16.2 Å². The predicted molar refractivity (Wildman–Crippen MR) is 62.2 cm³/mol. The second kappa shape index (κ2) is 4.68. The van der Waals surface area contributed by atoms with Crippen molar-refractivity contribution in [2.24, 2.45) is 0 Å². The molecule has 78 valence electrons. The summed E-state index contributed by atoms with van der Waals surface area (Å²) in [6, 6.07) is 0. The van der Waals surface area contributed by atoms with Gasteiger partial charge in [0.25, 0.3) is 0 Å². The van der Waals surface area contributed by atoms with E-state index >= 15 is 0 Å². The molecule has 0 unspecified atom stereocenters. The predicted octanol–water partition coefficient (Wildman–Crippen LogP) is 3.55. The Bertz CT molecular complexity index is 350. The van der Waals surface area contributed by atoms with Crippen molar-refractivity contribution >= 4 is 49.6 Å². The van der Waals surface area contributed by atoms with Gasteiger partial charge in [-0.15, -0.1) is 0 Å². The van der Waals surface area contributed by atoms with Crippen LogP contribution in [0, 0.1) is 6.92 Å². The molecule has 0 saturated carbocycles. The molecule has 1 heterocycles. The molecule has 1 aromatic heterocycles. The topological polar surface area (TPSA) is 31.2 Å². The maximum absolute atomic E-state index is 11.5. The van der Waals surface area contributed by atoms with Gasteiger partial charge in [-0.1, -0.05) is 11.6 Å². The minimum Gasteiger partial charge on any atom is -0.461 e. The Balaban J connectivity index is 3.21. The van der Waals surface area contributed by atoms with E-state index in [9.17, 15) is 4.79 Å². The number of hydrogen-bond donors (Lipinski definition) is 0. The van der Waals surface area contributed by atoms with Crippen LogP contribution >= 0.6 is 43.7 Å². The fourth-order valence-electron chi connectivity index (χ4n) is 0.972. The van der Waals surface area contributed by atoms with Gasteiger partial charge in [0.05, 0.1) is 32.2 Å². The number of aromatic nitrogens is 1. The van der Waals surface area contributed by atoms with Gasteiger partial charge in [-0.05, 0) is 29.8 Å². The summed E-state index contributed by atoms with van der Waals surface area (Å²) in [6.07, 6.45) is 0. The van der Waals surface area contributed by atoms with Gasteiger partial charge in [0, 0.05) is 5.69 Å². The molecule has 0 fully saturated rings. The number of hydrogen-bond acceptors (Lipinski definition) is 2. The molecule has 0 atom stereocenters. The maximum atomic E-state index is 11.5. The Morgan fingerprint density at radius 1 is 1.64 bits per heavy atom. The van der Waals surface area contributed by atoms with Gasteiger partial charge in [0.1, 0.15) is 0 Å². The van der Waals surface area contributed by atoms with Crippen molar-refractivity contribution in [2.75, 3.05) is 6.61 Å². The van der Waals surface area contributed by atoms with Gasteiger partial charge < -0.3 is 4.74 Å². The Morgan fingerprint density at radius 3 is 2.57 bits per heavy atom. The van der Waals surface area contributed by atoms with E-state index in [-0.39, 0.29) is 0 Å². The van der Waals surface area contributed by atoms with Crippen LogP contribution in [0.25, 0.3) is 0 Å². The highest BCUT2D eigenvalue weighted by Crippen LogP contribution is 2.34. The van der Waals surface area contributed by atoms with Crippen molar-refractivity contribution in [2.45, 2.75) is 13.8 Å². The summed E-state index contributed by atoms with van der Waals surface area (Å²) in [7, 11) is 0. The van der Waals surface area contributed by atoms with E-state index in [0.29, 0.717) is 21.8 Å². The first-order valence-electron chi connectivity index (χ1n) is 3.90. The lowest BCUT2D eigenvalue weighted by molar-refractivity contribution is 0.0518. The van der Waals surface area contributed by atoms with Gasteiger partial charge in [0.2, 0.25) is 0 Å². The minimum absolute atomic E-state index is 0.333. The molecule has 3 nitrogen and oxygen atoms in total. The molecule has 0 amide bonds. The zero-order valence-corrected chi connectivity index (χ0v) is 11.5. The number of carbonyl (C=O) groups excluding carboxylic acids is 1. The van der Waals surface area contributed by atoms with E-state index in [4.69, 9.17) is 16.3 Å². The summed E-state index contributed by atoms with van der Waals surface area (Å²) in [5.74, 6) is -0.411. The Morgan fingerprint density at radius 2 is 2.21 bits per heavy atom. The number of halogens is 3. The van der Waals surface area contributed by atoms with Crippen LogP contribution in [0.1, 0.15) is 23.1 Å². The lowest BCUT2D eigenvalue weighted by Crippen LogP contribution is -2.08. The third-order valence-electron chi connectivity index (χ3n) is 1.68. The number of rotatable bonds is 2. The zero-order valence-electron chi connectivity index (χ0n) is 7.60. The van der Waals surface area contributed by atoms with Crippen molar-refractivity contribution < 1.29 is 9.53 Å². The minimum atomic E-state index is -0.411. The molecule has 0 aliphatic rings. The summed E-state index contributed by atoms with van der Waals surface area (Å²) < 4.78 is 6.95. The molecule has 0 radical (unpaired) electrons. The van der Waals surface area contributed by atoms with E-state index in [2.05, 4.69) is 32.1 Å². The van der Waals surface area contributed by atoms with Gasteiger partial charge >= 0.3 is 5.97 Å². The first kappa shape index (κ1) is 12.1. The molecule has 0 N–H and O–H groups in total. The standard InChI is InChI=1S/C8H8Br2ClNO2/c1-3-14-8(13)7-5(9)6(11)4(2)12(7)10/h3H2,1-2H3. The van der Waals surface area contributed by atoms with E-state index in [0.717, 1.165) is 5.69 Å². The van der Waals surface area contributed by atoms with Gasteiger partial charge in [-0.3, -0.25) is 3.59 Å². The first-order valence-corrected chi connectivity index (χ1v) is 5.78. The molecule has 0 saturated heterocycles. The average molecular weight is 345 g/mol. The van der Waals surface area contributed by atoms with Crippen LogP contribution in [0.2, 0.25) is 5.02 Å². The number of nitrogens with zero attached hydrogens (tertiary/aromatic N) is 1. The van der Waals surface area contributed by atoms with Crippen LogP contribution < -0.4 is 0 Å². The molecule has 6 heteroatoms. The first-order chi connectivity index (χ1) is 6.50. The highest BCUT2D eigenvalue weighted by molar-refractivity contribution is 9.10. The number of esters is 1. The highest BCUT2D eigenvalue weighted by Gasteiger charge is 2.22. The molecule has 0 aliphatic carbocycles. The van der Waals surface area contributed by atoms with E-state index < -0.39 is 5.97 Å². The van der Waals surface area contributed by atoms with Crippen molar-refractivity contribution in [3.05, 3.63) is 20.9 Å². The second-order valence-electron chi connectivity index (χ2n) is 2.56. The third kappa shape index (κ3) is 1.99. The SMILES string of the molecule is CCOC(=O)c1c(Br)c(Cl)c(C)n1Br. The normalized spacial score (nSPS) is 10.4. The monoisotopic (exact) mass is 343 g/mol. The summed E-state index contributed by atoms with van der Waals surface area (Å²) in [5, 5.41) is 0.505. The van der Waals surface area contributed by atoms with Crippen LogP contribution in [-0.2, 0) is 4.74 Å². The van der Waals surface area contributed by atoms with Gasteiger partial charge in [-0.2, -0.15) is 0 Å². The summed E-state index contributed by atoms with van der Waals surface area (Å²) >= 11 is 12.4. The van der Waals surface area contributed by atoms with E-state index in [1.54, 1.807) is 13.8 Å². The lowest BCUT2D eigenvalue weighted by Gasteiger charge is -2.02. The summed E-state index contributed by atoms with van der Waals surface area (Å²) in [5.41, 5.74) is 1.12. The average Bonchev–Trinajstić information content (AvgIpc) is 2.32. The third-order valence-corrected chi connectivity index (χ3v) is 4.03. The molecule has 0 aromatic carbocycles. The van der Waals surface area contributed by atoms with Crippen LogP contribution in [0.5, 0.6) is 0 Å². The Kier molecular flexibility index (Phi) is 4.04. The highest BCUT2D eigenvalue weighted by atomic mass is 79.9. The van der Waals surface area contributed by atoms with Crippen LogP contribution in [0.4, 0.5) is 0 Å². The Labute approximate surface area is 104 Å². The molecule has 1 rings (SSSR count). The number of ether oxygens (including phenoxy) is 1. The van der Waals surface area contributed by atoms with E-state index in [1.165, 1.54) is 3.59 Å². The van der Waals surface area contributed by atoms with Crippen molar-refractivity contribution in [1.82, 2.24) is 3.59 Å². The van der Waals surface area contributed by atoms with Crippen LogP contribution in [0.15, 0.2) is 4.47 Å². The summed E-state index contributed by atoms with van der Waals surface area (Å²) in [4.78, 5) is 11.5. The molecule has 0 bridgehead atoms. The fraction of sp³-hybridized carbons (Fsp3) is 0.375. The molecular formula is C8H8Br2ClNO2. The molecule has 0 spiro atoms. The van der Waals surface area contributed by atoms with Crippen molar-refractivity contribution in [3.8, 4) is 0 Å². The lowest BCUT2D eigenvalue weighted by atomic mass is 10.4. The van der Waals surface area contributed by atoms with Crippen molar-refractivity contribution in [3.63, 3.8) is 0 Å². The second-order valence-corrected chi connectivity index (χ2v) is 4.44. The molecular weight excluding hydrogens is 337 g/mol.